The van der Waals surface area contributed by atoms with Gasteiger partial charge in [-0.05, 0) is 24.3 Å². The molecule has 1 heterocycles. The second-order valence-corrected chi connectivity index (χ2v) is 3.48. The summed E-state index contributed by atoms with van der Waals surface area (Å²) in [7, 11) is 0.670. The van der Waals surface area contributed by atoms with E-state index in [4.69, 9.17) is 14.1 Å². The maximum atomic E-state index is 8.58. The SMILES string of the molecule is O[B]Oc1ccc2oc3ccccc3c2c1. The highest BCUT2D eigenvalue weighted by Gasteiger charge is 2.07. The Kier molecular flexibility index (Phi) is 2.08. The number of hydrogen-bond donors (Lipinski definition) is 1. The maximum Gasteiger partial charge on any atom is 0.569 e. The Morgan fingerprint density at radius 2 is 1.81 bits per heavy atom. The third-order valence-electron chi connectivity index (χ3n) is 2.54. The summed E-state index contributed by atoms with van der Waals surface area (Å²) in [6, 6.07) is 13.2. The van der Waals surface area contributed by atoms with Gasteiger partial charge < -0.3 is 14.1 Å². The molecular formula is C12H8BO3. The lowest BCUT2D eigenvalue weighted by Gasteiger charge is -1.99. The average Bonchev–Trinajstić information content (AvgIpc) is 2.68. The van der Waals surface area contributed by atoms with E-state index in [1.54, 1.807) is 6.07 Å². The van der Waals surface area contributed by atoms with Crippen LogP contribution in [0.5, 0.6) is 5.75 Å². The Bertz CT molecular complexity index is 645. The van der Waals surface area contributed by atoms with E-state index in [-0.39, 0.29) is 0 Å². The highest BCUT2D eigenvalue weighted by atomic mass is 16.5. The molecule has 0 atom stereocenters. The van der Waals surface area contributed by atoms with Crippen molar-refractivity contribution in [3.63, 3.8) is 0 Å². The van der Waals surface area contributed by atoms with E-state index >= 15 is 0 Å². The maximum absolute atomic E-state index is 8.58. The van der Waals surface area contributed by atoms with Crippen molar-refractivity contribution in [3.05, 3.63) is 42.5 Å². The summed E-state index contributed by atoms with van der Waals surface area (Å²) in [5, 5.41) is 10.6. The highest BCUT2D eigenvalue weighted by Crippen LogP contribution is 2.30. The molecule has 0 aliphatic heterocycles. The van der Waals surface area contributed by atoms with Crippen LogP contribution in [-0.2, 0) is 0 Å². The lowest BCUT2D eigenvalue weighted by molar-refractivity contribution is 0.454. The summed E-state index contributed by atoms with van der Waals surface area (Å²) in [6.45, 7) is 0. The fourth-order valence-electron chi connectivity index (χ4n) is 1.84. The first-order valence-electron chi connectivity index (χ1n) is 4.92. The van der Waals surface area contributed by atoms with Gasteiger partial charge in [0.1, 0.15) is 16.9 Å². The van der Waals surface area contributed by atoms with E-state index in [0.717, 1.165) is 21.9 Å². The monoisotopic (exact) mass is 211 g/mol. The Labute approximate surface area is 92.6 Å². The summed E-state index contributed by atoms with van der Waals surface area (Å²) < 4.78 is 10.6. The van der Waals surface area contributed by atoms with Crippen molar-refractivity contribution >= 4 is 29.6 Å². The summed E-state index contributed by atoms with van der Waals surface area (Å²) in [5.74, 6) is 0.585. The fourth-order valence-corrected chi connectivity index (χ4v) is 1.84. The van der Waals surface area contributed by atoms with Crippen LogP contribution in [0.2, 0.25) is 0 Å². The van der Waals surface area contributed by atoms with Crippen LogP contribution in [0.15, 0.2) is 46.9 Å². The molecule has 0 saturated carbocycles. The zero-order valence-electron chi connectivity index (χ0n) is 8.38. The predicted molar refractivity (Wildman–Crippen MR) is 62.3 cm³/mol. The Morgan fingerprint density at radius 3 is 2.69 bits per heavy atom. The number of hydrogen-bond acceptors (Lipinski definition) is 3. The van der Waals surface area contributed by atoms with Crippen LogP contribution in [0, 0.1) is 0 Å². The van der Waals surface area contributed by atoms with Crippen molar-refractivity contribution in [1.29, 1.82) is 0 Å². The van der Waals surface area contributed by atoms with Gasteiger partial charge in [0.2, 0.25) is 0 Å². The molecule has 1 radical (unpaired) electrons. The van der Waals surface area contributed by atoms with Gasteiger partial charge in [0.15, 0.2) is 0 Å². The van der Waals surface area contributed by atoms with Crippen LogP contribution in [0.1, 0.15) is 0 Å². The molecule has 3 nitrogen and oxygen atoms in total. The van der Waals surface area contributed by atoms with Gasteiger partial charge in [0, 0.05) is 10.8 Å². The van der Waals surface area contributed by atoms with Crippen LogP contribution in [0.25, 0.3) is 21.9 Å². The molecule has 0 unspecified atom stereocenters. The van der Waals surface area contributed by atoms with Crippen molar-refractivity contribution in [2.45, 2.75) is 0 Å². The van der Waals surface area contributed by atoms with Crippen molar-refractivity contribution in [2.75, 3.05) is 0 Å². The van der Waals surface area contributed by atoms with Gasteiger partial charge in [0.05, 0.1) is 0 Å². The van der Waals surface area contributed by atoms with Crippen molar-refractivity contribution in [3.8, 4) is 5.75 Å². The average molecular weight is 211 g/mol. The number of para-hydroxylation sites is 1. The van der Waals surface area contributed by atoms with Crippen LogP contribution < -0.4 is 4.65 Å². The normalized spacial score (nSPS) is 10.8. The van der Waals surface area contributed by atoms with Crippen LogP contribution >= 0.6 is 0 Å². The summed E-state index contributed by atoms with van der Waals surface area (Å²) in [4.78, 5) is 0. The number of furan rings is 1. The first kappa shape index (κ1) is 9.30. The molecule has 0 spiro atoms. The molecule has 1 N–H and O–H groups in total. The smallest absolute Gasteiger partial charge is 0.537 e. The van der Waals surface area contributed by atoms with E-state index in [9.17, 15) is 0 Å². The molecule has 4 heteroatoms. The van der Waals surface area contributed by atoms with Gasteiger partial charge in [-0.3, -0.25) is 0 Å². The molecule has 16 heavy (non-hydrogen) atoms. The minimum absolute atomic E-state index is 0.585. The first-order chi connectivity index (χ1) is 7.88. The highest BCUT2D eigenvalue weighted by molar-refractivity contribution is 6.17. The second kappa shape index (κ2) is 3.57. The van der Waals surface area contributed by atoms with Gasteiger partial charge in [0.25, 0.3) is 0 Å². The topological polar surface area (TPSA) is 42.6 Å². The molecule has 0 bridgehead atoms. The van der Waals surface area contributed by atoms with E-state index in [0.29, 0.717) is 13.4 Å². The molecular weight excluding hydrogens is 203 g/mol. The lowest BCUT2D eigenvalue weighted by Crippen LogP contribution is -1.98. The van der Waals surface area contributed by atoms with Crippen LogP contribution in [0.4, 0.5) is 0 Å². The summed E-state index contributed by atoms with van der Waals surface area (Å²) >= 11 is 0. The van der Waals surface area contributed by atoms with Crippen molar-refractivity contribution in [1.82, 2.24) is 0 Å². The quantitative estimate of drug-likeness (QED) is 0.662. The van der Waals surface area contributed by atoms with Gasteiger partial charge in [-0.1, -0.05) is 18.2 Å². The zero-order valence-corrected chi connectivity index (χ0v) is 8.38. The zero-order chi connectivity index (χ0) is 11.0. The molecule has 0 aliphatic carbocycles. The van der Waals surface area contributed by atoms with Crippen LogP contribution in [-0.4, -0.2) is 12.7 Å². The second-order valence-electron chi connectivity index (χ2n) is 3.48. The molecule has 2 aromatic carbocycles. The molecule has 3 rings (SSSR count). The largest absolute Gasteiger partial charge is 0.569 e. The van der Waals surface area contributed by atoms with Gasteiger partial charge in [-0.25, -0.2) is 0 Å². The van der Waals surface area contributed by atoms with Gasteiger partial charge in [-0.15, -0.1) is 0 Å². The first-order valence-corrected chi connectivity index (χ1v) is 4.92. The Morgan fingerprint density at radius 1 is 1.00 bits per heavy atom. The van der Waals surface area contributed by atoms with E-state index in [2.05, 4.69) is 0 Å². The molecule has 77 valence electrons. The minimum atomic E-state index is 0.585. The number of benzene rings is 2. The van der Waals surface area contributed by atoms with E-state index in [1.165, 1.54) is 0 Å². The molecule has 0 saturated heterocycles. The third-order valence-corrected chi connectivity index (χ3v) is 2.54. The van der Waals surface area contributed by atoms with E-state index < -0.39 is 0 Å². The third kappa shape index (κ3) is 1.35. The minimum Gasteiger partial charge on any atom is -0.537 e. The summed E-state index contributed by atoms with van der Waals surface area (Å²) in [5.41, 5.74) is 1.66. The van der Waals surface area contributed by atoms with E-state index in [1.807, 2.05) is 36.4 Å². The Hall–Kier alpha value is -1.94. The van der Waals surface area contributed by atoms with Crippen LogP contribution in [0.3, 0.4) is 0 Å². The number of rotatable bonds is 2. The molecule has 0 aliphatic rings. The fraction of sp³-hybridized carbons (Fsp3) is 0. The molecule has 3 aromatic rings. The Balaban J connectivity index is 2.31. The molecule has 0 amide bonds. The summed E-state index contributed by atoms with van der Waals surface area (Å²) in [6.07, 6.45) is 0. The van der Waals surface area contributed by atoms with Crippen molar-refractivity contribution in [2.24, 2.45) is 0 Å². The molecule has 1 aromatic heterocycles. The predicted octanol–water partition coefficient (Wildman–Crippen LogP) is 2.49. The number of fused-ring (bicyclic) bond motifs is 3. The molecule has 0 fully saturated rings. The van der Waals surface area contributed by atoms with Gasteiger partial charge in [-0.2, -0.15) is 0 Å². The lowest BCUT2D eigenvalue weighted by atomic mass is 10.1. The van der Waals surface area contributed by atoms with Gasteiger partial charge >= 0.3 is 7.69 Å². The van der Waals surface area contributed by atoms with Crippen molar-refractivity contribution < 1.29 is 14.1 Å². The standard InChI is InChI=1S/C12H8BO3/c14-13-16-8-5-6-12-10(7-8)9-3-1-2-4-11(9)15-12/h1-7,14H.